The number of carbonyl (C=O) groups is 1. The van der Waals surface area contributed by atoms with Crippen LogP contribution in [0.15, 0.2) is 73.1 Å². The van der Waals surface area contributed by atoms with E-state index >= 15 is 0 Å². The van der Waals surface area contributed by atoms with E-state index in [1.807, 2.05) is 36.4 Å². The maximum absolute atomic E-state index is 14.3. The number of hydrogen-bond donors (Lipinski definition) is 1. The van der Waals surface area contributed by atoms with Crippen LogP contribution in [0, 0.1) is 5.82 Å². The largest absolute Gasteiger partial charge is 0.365 e. The third-order valence-corrected chi connectivity index (χ3v) is 5.26. The van der Waals surface area contributed by atoms with Crippen LogP contribution < -0.4 is 5.32 Å². The van der Waals surface area contributed by atoms with E-state index < -0.39 is 0 Å². The number of carbonyl (C=O) groups excluding carboxylic acids is 1. The number of nitrogens with one attached hydrogen (secondary N) is 1. The van der Waals surface area contributed by atoms with Crippen molar-refractivity contribution in [3.05, 3.63) is 90.0 Å². The van der Waals surface area contributed by atoms with E-state index in [1.165, 1.54) is 17.9 Å². The van der Waals surface area contributed by atoms with Crippen LogP contribution >= 0.6 is 0 Å². The Morgan fingerprint density at radius 2 is 1.74 bits per heavy atom. The molecule has 0 unspecified atom stereocenters. The molecule has 0 atom stereocenters. The van der Waals surface area contributed by atoms with Crippen LogP contribution in [0.25, 0.3) is 22.0 Å². The van der Waals surface area contributed by atoms with Gasteiger partial charge in [0, 0.05) is 38.0 Å². The molecule has 0 bridgehead atoms. The van der Waals surface area contributed by atoms with Gasteiger partial charge < -0.3 is 10.2 Å². The maximum atomic E-state index is 14.3. The van der Waals surface area contributed by atoms with Crippen LogP contribution in [0.1, 0.15) is 18.1 Å². The van der Waals surface area contributed by atoms with Gasteiger partial charge >= 0.3 is 0 Å². The molecule has 31 heavy (non-hydrogen) atoms. The molecule has 5 nitrogen and oxygen atoms in total. The van der Waals surface area contributed by atoms with Gasteiger partial charge in [0.15, 0.2) is 0 Å². The maximum Gasteiger partial charge on any atom is 0.219 e. The number of rotatable bonds is 6. The van der Waals surface area contributed by atoms with Gasteiger partial charge in [-0.2, -0.15) is 0 Å². The first kappa shape index (κ1) is 20.5. The van der Waals surface area contributed by atoms with Crippen molar-refractivity contribution in [2.75, 3.05) is 12.4 Å². The Kier molecular flexibility index (Phi) is 5.89. The zero-order valence-corrected chi connectivity index (χ0v) is 17.5. The van der Waals surface area contributed by atoms with Crippen molar-refractivity contribution in [3.8, 4) is 11.1 Å². The van der Waals surface area contributed by atoms with Crippen molar-refractivity contribution in [1.82, 2.24) is 14.9 Å². The van der Waals surface area contributed by atoms with Crippen LogP contribution in [0.4, 0.5) is 10.2 Å². The molecule has 0 saturated carbocycles. The second-order valence-corrected chi connectivity index (χ2v) is 7.47. The minimum Gasteiger partial charge on any atom is -0.365 e. The molecule has 4 aromatic rings. The van der Waals surface area contributed by atoms with Crippen LogP contribution in [0.2, 0.25) is 0 Å². The quantitative estimate of drug-likeness (QED) is 0.481. The number of anilines is 1. The van der Waals surface area contributed by atoms with Crippen LogP contribution in [-0.4, -0.2) is 27.8 Å². The third kappa shape index (κ3) is 4.69. The van der Waals surface area contributed by atoms with Gasteiger partial charge in [0.2, 0.25) is 5.91 Å². The summed E-state index contributed by atoms with van der Waals surface area (Å²) in [6.07, 6.45) is 1.54. The Balaban J connectivity index is 1.66. The standard InChI is InChI=1S/C25H23FN4O/c1-17(31)30(2)15-21-12-19(8-10-23(21)26)20-9-11-24-22(13-20)25(29-16-28-24)27-14-18-6-4-3-5-7-18/h3-13,16H,14-15H2,1-2H3,(H,27,28,29). The summed E-state index contributed by atoms with van der Waals surface area (Å²) in [7, 11) is 1.66. The van der Waals surface area contributed by atoms with Gasteiger partial charge in [0.05, 0.1) is 5.52 Å². The lowest BCUT2D eigenvalue weighted by molar-refractivity contribution is -0.128. The van der Waals surface area contributed by atoms with E-state index in [-0.39, 0.29) is 18.3 Å². The van der Waals surface area contributed by atoms with Gasteiger partial charge in [-0.05, 0) is 41.0 Å². The fourth-order valence-corrected chi connectivity index (χ4v) is 3.40. The average molecular weight is 414 g/mol. The number of benzene rings is 3. The first-order valence-corrected chi connectivity index (χ1v) is 10.0. The number of fused-ring (bicyclic) bond motifs is 1. The van der Waals surface area contributed by atoms with Gasteiger partial charge in [-0.15, -0.1) is 0 Å². The minimum atomic E-state index is -0.328. The first-order chi connectivity index (χ1) is 15.0. The molecule has 1 aromatic heterocycles. The van der Waals surface area contributed by atoms with E-state index in [0.717, 1.165) is 33.4 Å². The smallest absolute Gasteiger partial charge is 0.219 e. The molecular formula is C25H23FN4O. The lowest BCUT2D eigenvalue weighted by atomic mass is 10.0. The van der Waals surface area contributed by atoms with Crippen molar-refractivity contribution in [3.63, 3.8) is 0 Å². The molecular weight excluding hydrogens is 391 g/mol. The lowest BCUT2D eigenvalue weighted by Gasteiger charge is -2.16. The molecule has 0 aliphatic rings. The minimum absolute atomic E-state index is 0.109. The molecule has 0 saturated heterocycles. The second-order valence-electron chi connectivity index (χ2n) is 7.47. The van der Waals surface area contributed by atoms with Gasteiger partial charge in [0.25, 0.3) is 0 Å². The Hall–Kier alpha value is -3.80. The molecule has 0 aliphatic carbocycles. The molecule has 0 aliphatic heterocycles. The number of aromatic nitrogens is 2. The molecule has 156 valence electrons. The Bertz CT molecular complexity index is 1230. The number of amides is 1. The summed E-state index contributed by atoms with van der Waals surface area (Å²) in [5, 5.41) is 4.28. The van der Waals surface area contributed by atoms with Crippen molar-refractivity contribution in [1.29, 1.82) is 0 Å². The summed E-state index contributed by atoms with van der Waals surface area (Å²) >= 11 is 0. The summed E-state index contributed by atoms with van der Waals surface area (Å²) < 4.78 is 14.3. The van der Waals surface area contributed by atoms with Crippen molar-refractivity contribution in [2.45, 2.75) is 20.0 Å². The fourth-order valence-electron chi connectivity index (χ4n) is 3.40. The monoisotopic (exact) mass is 414 g/mol. The summed E-state index contributed by atoms with van der Waals surface area (Å²) in [4.78, 5) is 21.8. The van der Waals surface area contributed by atoms with E-state index in [4.69, 9.17) is 0 Å². The van der Waals surface area contributed by atoms with Crippen molar-refractivity contribution in [2.24, 2.45) is 0 Å². The van der Waals surface area contributed by atoms with E-state index in [9.17, 15) is 9.18 Å². The number of hydrogen-bond acceptors (Lipinski definition) is 4. The molecule has 1 amide bonds. The highest BCUT2D eigenvalue weighted by atomic mass is 19.1. The van der Waals surface area contributed by atoms with Crippen LogP contribution in [-0.2, 0) is 17.9 Å². The zero-order valence-electron chi connectivity index (χ0n) is 17.5. The summed E-state index contributed by atoms with van der Waals surface area (Å²) in [6.45, 7) is 2.33. The predicted molar refractivity (Wildman–Crippen MR) is 121 cm³/mol. The number of halogens is 1. The van der Waals surface area contributed by atoms with Gasteiger partial charge in [-0.25, -0.2) is 14.4 Å². The highest BCUT2D eigenvalue weighted by Crippen LogP contribution is 2.28. The molecule has 4 rings (SSSR count). The van der Waals surface area contributed by atoms with Crippen LogP contribution in [0.3, 0.4) is 0 Å². The van der Waals surface area contributed by atoms with E-state index in [2.05, 4.69) is 27.4 Å². The van der Waals surface area contributed by atoms with Gasteiger partial charge in [-0.3, -0.25) is 4.79 Å². The predicted octanol–water partition coefficient (Wildman–Crippen LogP) is 5.03. The average Bonchev–Trinajstić information content (AvgIpc) is 2.79. The highest BCUT2D eigenvalue weighted by molar-refractivity contribution is 5.92. The lowest BCUT2D eigenvalue weighted by Crippen LogP contribution is -2.23. The molecule has 0 fully saturated rings. The number of nitrogens with zero attached hydrogens (tertiary/aromatic N) is 3. The van der Waals surface area contributed by atoms with Crippen LogP contribution in [0.5, 0.6) is 0 Å². The van der Waals surface area contributed by atoms with Crippen molar-refractivity contribution < 1.29 is 9.18 Å². The highest BCUT2D eigenvalue weighted by Gasteiger charge is 2.11. The second kappa shape index (κ2) is 8.92. The first-order valence-electron chi connectivity index (χ1n) is 10.0. The fraction of sp³-hybridized carbons (Fsp3) is 0.160. The molecule has 3 aromatic carbocycles. The Labute approximate surface area is 180 Å². The van der Waals surface area contributed by atoms with Gasteiger partial charge in [0.1, 0.15) is 18.0 Å². The molecule has 0 radical (unpaired) electrons. The molecule has 1 heterocycles. The van der Waals surface area contributed by atoms with E-state index in [0.29, 0.717) is 12.1 Å². The Morgan fingerprint density at radius 1 is 1.00 bits per heavy atom. The SMILES string of the molecule is CC(=O)N(C)Cc1cc(-c2ccc3ncnc(NCc4ccccc4)c3c2)ccc1F. The van der Waals surface area contributed by atoms with E-state index in [1.54, 1.807) is 25.5 Å². The summed E-state index contributed by atoms with van der Waals surface area (Å²) in [5.41, 5.74) is 4.25. The summed E-state index contributed by atoms with van der Waals surface area (Å²) in [6, 6.07) is 21.0. The topological polar surface area (TPSA) is 58.1 Å². The normalized spacial score (nSPS) is 10.8. The Morgan fingerprint density at radius 3 is 2.52 bits per heavy atom. The molecule has 1 N–H and O–H groups in total. The zero-order chi connectivity index (χ0) is 21.8. The van der Waals surface area contributed by atoms with Crippen molar-refractivity contribution >= 4 is 22.6 Å². The van der Waals surface area contributed by atoms with Gasteiger partial charge in [-0.1, -0.05) is 42.5 Å². The molecule has 0 spiro atoms. The summed E-state index contributed by atoms with van der Waals surface area (Å²) in [5.74, 6) is 0.308. The third-order valence-electron chi connectivity index (χ3n) is 5.26. The molecule has 6 heteroatoms.